The quantitative estimate of drug-likeness (QED) is 0.730. The highest BCUT2D eigenvalue weighted by atomic mass is 16.5. The summed E-state index contributed by atoms with van der Waals surface area (Å²) in [6, 6.07) is 15.6. The molecular weight excluding hydrogens is 302 g/mol. The smallest absolute Gasteiger partial charge is 0.141 e. The lowest BCUT2D eigenvalue weighted by molar-refractivity contribution is 0.415. The SMILES string of the molecule is COc1cccc(-c2cc(Cc3ccc(OC)c(N)c3)ncn2)c1. The van der Waals surface area contributed by atoms with Crippen LogP contribution in [-0.4, -0.2) is 24.2 Å². The van der Waals surface area contributed by atoms with Gasteiger partial charge in [0.2, 0.25) is 0 Å². The molecule has 3 aromatic rings. The van der Waals surface area contributed by atoms with Crippen molar-refractivity contribution >= 4 is 5.69 Å². The fourth-order valence-electron chi connectivity index (χ4n) is 2.54. The number of nitrogens with two attached hydrogens (primary N) is 1. The van der Waals surface area contributed by atoms with Gasteiger partial charge in [-0.15, -0.1) is 0 Å². The molecule has 5 nitrogen and oxygen atoms in total. The van der Waals surface area contributed by atoms with E-state index in [9.17, 15) is 0 Å². The normalized spacial score (nSPS) is 10.4. The van der Waals surface area contributed by atoms with Gasteiger partial charge in [0.1, 0.15) is 17.8 Å². The highest BCUT2D eigenvalue weighted by molar-refractivity contribution is 5.61. The lowest BCUT2D eigenvalue weighted by atomic mass is 10.1. The Kier molecular flexibility index (Phi) is 4.61. The Bertz CT molecular complexity index is 850. The van der Waals surface area contributed by atoms with Crippen molar-refractivity contribution in [1.29, 1.82) is 0 Å². The maximum Gasteiger partial charge on any atom is 0.141 e. The van der Waals surface area contributed by atoms with E-state index in [2.05, 4.69) is 9.97 Å². The zero-order valence-corrected chi connectivity index (χ0v) is 13.7. The lowest BCUT2D eigenvalue weighted by Crippen LogP contribution is -1.98. The van der Waals surface area contributed by atoms with Crippen LogP contribution < -0.4 is 15.2 Å². The summed E-state index contributed by atoms with van der Waals surface area (Å²) in [5.74, 6) is 1.48. The summed E-state index contributed by atoms with van der Waals surface area (Å²) in [5.41, 5.74) is 10.4. The van der Waals surface area contributed by atoms with Crippen molar-refractivity contribution in [2.24, 2.45) is 0 Å². The zero-order chi connectivity index (χ0) is 16.9. The Labute approximate surface area is 141 Å². The molecule has 2 N–H and O–H groups in total. The number of anilines is 1. The Morgan fingerprint density at radius 2 is 1.83 bits per heavy atom. The van der Waals surface area contributed by atoms with Crippen molar-refractivity contribution in [1.82, 2.24) is 9.97 Å². The summed E-state index contributed by atoms with van der Waals surface area (Å²) in [6.45, 7) is 0. The predicted octanol–water partition coefficient (Wildman–Crippen LogP) is 3.33. The van der Waals surface area contributed by atoms with Crippen LogP contribution in [0.1, 0.15) is 11.3 Å². The summed E-state index contributed by atoms with van der Waals surface area (Å²) >= 11 is 0. The molecule has 0 amide bonds. The van der Waals surface area contributed by atoms with Crippen LogP contribution in [0, 0.1) is 0 Å². The average molecular weight is 321 g/mol. The molecule has 0 aliphatic rings. The molecule has 0 spiro atoms. The third-order valence-corrected chi connectivity index (χ3v) is 3.77. The molecule has 24 heavy (non-hydrogen) atoms. The number of hydrogen-bond donors (Lipinski definition) is 1. The van der Waals surface area contributed by atoms with E-state index in [-0.39, 0.29) is 0 Å². The number of hydrogen-bond acceptors (Lipinski definition) is 5. The molecule has 5 heteroatoms. The number of ether oxygens (including phenoxy) is 2. The third kappa shape index (κ3) is 3.46. The summed E-state index contributed by atoms with van der Waals surface area (Å²) < 4.78 is 10.5. The van der Waals surface area contributed by atoms with E-state index >= 15 is 0 Å². The zero-order valence-electron chi connectivity index (χ0n) is 13.7. The second-order valence-corrected chi connectivity index (χ2v) is 5.38. The van der Waals surface area contributed by atoms with Crippen molar-refractivity contribution in [2.45, 2.75) is 6.42 Å². The van der Waals surface area contributed by atoms with Gasteiger partial charge in [-0.25, -0.2) is 9.97 Å². The van der Waals surface area contributed by atoms with Crippen molar-refractivity contribution in [3.63, 3.8) is 0 Å². The fourth-order valence-corrected chi connectivity index (χ4v) is 2.54. The van der Waals surface area contributed by atoms with Gasteiger partial charge in [-0.3, -0.25) is 0 Å². The number of benzene rings is 2. The van der Waals surface area contributed by atoms with Crippen LogP contribution in [0.25, 0.3) is 11.3 Å². The van der Waals surface area contributed by atoms with Crippen LogP contribution >= 0.6 is 0 Å². The van der Waals surface area contributed by atoms with Crippen LogP contribution in [-0.2, 0) is 6.42 Å². The van der Waals surface area contributed by atoms with Gasteiger partial charge in [-0.1, -0.05) is 18.2 Å². The van der Waals surface area contributed by atoms with E-state index in [1.54, 1.807) is 20.5 Å². The molecule has 0 bridgehead atoms. The molecule has 122 valence electrons. The van der Waals surface area contributed by atoms with Crippen molar-refractivity contribution in [3.8, 4) is 22.8 Å². The highest BCUT2D eigenvalue weighted by Crippen LogP contribution is 2.25. The minimum absolute atomic E-state index is 0.622. The van der Waals surface area contributed by atoms with Gasteiger partial charge < -0.3 is 15.2 Å². The Morgan fingerprint density at radius 1 is 0.958 bits per heavy atom. The fraction of sp³-hybridized carbons (Fsp3) is 0.158. The van der Waals surface area contributed by atoms with Gasteiger partial charge in [-0.2, -0.15) is 0 Å². The predicted molar refractivity (Wildman–Crippen MR) is 94.2 cm³/mol. The number of nitrogen functional groups attached to an aromatic ring is 1. The van der Waals surface area contributed by atoms with Crippen molar-refractivity contribution in [2.75, 3.05) is 20.0 Å². The van der Waals surface area contributed by atoms with E-state index in [1.807, 2.05) is 48.5 Å². The van der Waals surface area contributed by atoms with Crippen LogP contribution in [0.2, 0.25) is 0 Å². The van der Waals surface area contributed by atoms with Crippen molar-refractivity contribution < 1.29 is 9.47 Å². The summed E-state index contributed by atoms with van der Waals surface area (Å²) in [5, 5.41) is 0. The standard InChI is InChI=1S/C19H19N3O2/c1-23-16-5-3-4-14(10-16)18-11-15(21-12-22-18)8-13-6-7-19(24-2)17(20)9-13/h3-7,9-12H,8,20H2,1-2H3. The van der Waals surface area contributed by atoms with Crippen LogP contribution in [0.5, 0.6) is 11.5 Å². The molecular formula is C19H19N3O2. The van der Waals surface area contributed by atoms with Gasteiger partial charge in [0.25, 0.3) is 0 Å². The Balaban J connectivity index is 1.86. The molecule has 1 heterocycles. The average Bonchev–Trinajstić information content (AvgIpc) is 2.62. The molecule has 0 radical (unpaired) electrons. The molecule has 1 aromatic heterocycles. The van der Waals surface area contributed by atoms with E-state index < -0.39 is 0 Å². The molecule has 0 atom stereocenters. The van der Waals surface area contributed by atoms with Gasteiger partial charge in [0.15, 0.2) is 0 Å². The van der Waals surface area contributed by atoms with E-state index in [0.29, 0.717) is 17.9 Å². The van der Waals surface area contributed by atoms with Gasteiger partial charge >= 0.3 is 0 Å². The molecule has 0 fully saturated rings. The number of rotatable bonds is 5. The topological polar surface area (TPSA) is 70.3 Å². The number of methoxy groups -OCH3 is 2. The molecule has 0 unspecified atom stereocenters. The van der Waals surface area contributed by atoms with Crippen LogP contribution in [0.15, 0.2) is 54.9 Å². The van der Waals surface area contributed by atoms with Gasteiger partial charge in [0.05, 0.1) is 25.6 Å². The molecule has 3 rings (SSSR count). The second kappa shape index (κ2) is 7.00. The van der Waals surface area contributed by atoms with Gasteiger partial charge in [0, 0.05) is 17.7 Å². The molecule has 0 aliphatic heterocycles. The Hall–Kier alpha value is -3.08. The maximum atomic E-state index is 5.97. The third-order valence-electron chi connectivity index (χ3n) is 3.77. The summed E-state index contributed by atoms with van der Waals surface area (Å²) in [6.07, 6.45) is 2.25. The van der Waals surface area contributed by atoms with Crippen molar-refractivity contribution in [3.05, 3.63) is 66.1 Å². The van der Waals surface area contributed by atoms with Crippen LogP contribution in [0.3, 0.4) is 0 Å². The molecule has 0 saturated carbocycles. The van der Waals surface area contributed by atoms with Crippen LogP contribution in [0.4, 0.5) is 5.69 Å². The van der Waals surface area contributed by atoms with E-state index in [1.165, 1.54) is 0 Å². The maximum absolute atomic E-state index is 5.97. The van der Waals surface area contributed by atoms with E-state index in [4.69, 9.17) is 15.2 Å². The largest absolute Gasteiger partial charge is 0.497 e. The molecule has 2 aromatic carbocycles. The minimum Gasteiger partial charge on any atom is -0.497 e. The minimum atomic E-state index is 0.622. The lowest BCUT2D eigenvalue weighted by Gasteiger charge is -2.08. The van der Waals surface area contributed by atoms with Gasteiger partial charge in [-0.05, 0) is 35.9 Å². The Morgan fingerprint density at radius 3 is 2.58 bits per heavy atom. The molecule has 0 saturated heterocycles. The monoisotopic (exact) mass is 321 g/mol. The second-order valence-electron chi connectivity index (χ2n) is 5.38. The number of nitrogens with zero attached hydrogens (tertiary/aromatic N) is 2. The first-order valence-corrected chi connectivity index (χ1v) is 7.57. The first-order valence-electron chi connectivity index (χ1n) is 7.57. The first-order chi connectivity index (χ1) is 11.7. The summed E-state index contributed by atoms with van der Waals surface area (Å²) in [4.78, 5) is 8.72. The van der Waals surface area contributed by atoms with E-state index in [0.717, 1.165) is 28.3 Å². The summed E-state index contributed by atoms with van der Waals surface area (Å²) in [7, 11) is 3.26. The molecule has 0 aliphatic carbocycles. The highest BCUT2D eigenvalue weighted by Gasteiger charge is 2.06. The number of aromatic nitrogens is 2. The first kappa shape index (κ1) is 15.8.